The van der Waals surface area contributed by atoms with Crippen molar-refractivity contribution in [1.82, 2.24) is 19.4 Å². The lowest BCUT2D eigenvalue weighted by molar-refractivity contribution is 0.252. The predicted molar refractivity (Wildman–Crippen MR) is 127 cm³/mol. The maximum absolute atomic E-state index is 13.1. The number of aromatic nitrogens is 3. The summed E-state index contributed by atoms with van der Waals surface area (Å²) in [4.78, 5) is 21.4. The number of para-hydroxylation sites is 1. The van der Waals surface area contributed by atoms with Gasteiger partial charge in [0.15, 0.2) is 4.77 Å². The van der Waals surface area contributed by atoms with Gasteiger partial charge < -0.3 is 14.8 Å². The Morgan fingerprint density at radius 3 is 2.66 bits per heavy atom. The number of aromatic hydroxyl groups is 1. The summed E-state index contributed by atoms with van der Waals surface area (Å²) in [6.07, 6.45) is 0.864. The summed E-state index contributed by atoms with van der Waals surface area (Å²) < 4.78 is 7.14. The quantitative estimate of drug-likeness (QED) is 0.410. The van der Waals surface area contributed by atoms with Gasteiger partial charge in [-0.15, -0.1) is 0 Å². The molecule has 0 radical (unpaired) electrons. The van der Waals surface area contributed by atoms with Crippen molar-refractivity contribution in [2.45, 2.75) is 19.4 Å². The third-order valence-electron chi connectivity index (χ3n) is 6.08. The van der Waals surface area contributed by atoms with Crippen molar-refractivity contribution in [2.75, 3.05) is 20.2 Å². The minimum absolute atomic E-state index is 0.135. The highest BCUT2D eigenvalue weighted by atomic mass is 32.1. The van der Waals surface area contributed by atoms with Crippen molar-refractivity contribution < 1.29 is 9.84 Å². The van der Waals surface area contributed by atoms with Crippen LogP contribution in [0.1, 0.15) is 29.8 Å². The molecule has 0 spiro atoms. The highest BCUT2D eigenvalue weighted by Gasteiger charge is 2.34. The summed E-state index contributed by atoms with van der Waals surface area (Å²) in [7, 11) is 1.96. The van der Waals surface area contributed by atoms with Gasteiger partial charge in [0.2, 0.25) is 5.88 Å². The Hall–Kier alpha value is -3.36. The van der Waals surface area contributed by atoms with Crippen molar-refractivity contribution in [3.63, 3.8) is 0 Å². The number of ether oxygens (including phenoxy) is 1. The van der Waals surface area contributed by atoms with Gasteiger partial charge >= 0.3 is 0 Å². The van der Waals surface area contributed by atoms with Crippen molar-refractivity contribution in [3.05, 3.63) is 80.5 Å². The molecule has 4 aromatic rings. The standard InChI is InChI=1S/C24H24N4O3S/c1-3-31-15-10-8-14(9-11-15)28-23(30)19(22(29)26-24(28)32)21-20-17(12-13-27(21)2)16-6-4-5-7-18(16)25-20/h4-11,21,25,30H,3,12-13H2,1-2H3,(H,26,29,32). The smallest absolute Gasteiger partial charge is 0.260 e. The summed E-state index contributed by atoms with van der Waals surface area (Å²) in [5, 5.41) is 12.5. The fourth-order valence-corrected chi connectivity index (χ4v) is 4.89. The fourth-order valence-electron chi connectivity index (χ4n) is 4.61. The number of hydrogen-bond donors (Lipinski definition) is 3. The molecule has 0 saturated carbocycles. The van der Waals surface area contributed by atoms with E-state index in [4.69, 9.17) is 17.0 Å². The van der Waals surface area contributed by atoms with E-state index in [0.717, 1.165) is 35.3 Å². The zero-order valence-electron chi connectivity index (χ0n) is 17.9. The Balaban J connectivity index is 1.70. The molecule has 1 aliphatic heterocycles. The van der Waals surface area contributed by atoms with Crippen LogP contribution in [0.2, 0.25) is 0 Å². The molecular formula is C24H24N4O3S. The summed E-state index contributed by atoms with van der Waals surface area (Å²) in [5.74, 6) is 0.563. The van der Waals surface area contributed by atoms with Crippen LogP contribution in [0.15, 0.2) is 53.3 Å². The third kappa shape index (κ3) is 3.23. The second-order valence-electron chi connectivity index (χ2n) is 7.95. The normalized spacial score (nSPS) is 16.2. The van der Waals surface area contributed by atoms with Gasteiger partial charge in [-0.3, -0.25) is 19.2 Å². The summed E-state index contributed by atoms with van der Waals surface area (Å²) in [6.45, 7) is 3.24. The van der Waals surface area contributed by atoms with Crippen molar-refractivity contribution in [1.29, 1.82) is 0 Å². The Morgan fingerprint density at radius 2 is 1.91 bits per heavy atom. The molecule has 0 saturated heterocycles. The Labute approximate surface area is 189 Å². The van der Waals surface area contributed by atoms with E-state index in [2.05, 4.69) is 20.9 Å². The molecule has 3 N–H and O–H groups in total. The summed E-state index contributed by atoms with van der Waals surface area (Å²) in [6, 6.07) is 14.9. The van der Waals surface area contributed by atoms with Crippen LogP contribution in [-0.2, 0) is 6.42 Å². The average Bonchev–Trinajstić information content (AvgIpc) is 3.15. The largest absolute Gasteiger partial charge is 0.494 e. The molecular weight excluding hydrogens is 424 g/mol. The molecule has 2 aromatic heterocycles. The zero-order chi connectivity index (χ0) is 22.4. The number of rotatable bonds is 4. The first-order chi connectivity index (χ1) is 15.5. The van der Waals surface area contributed by atoms with Gasteiger partial charge in [0, 0.05) is 23.1 Å². The van der Waals surface area contributed by atoms with Crippen molar-refractivity contribution in [2.24, 2.45) is 0 Å². The second kappa shape index (κ2) is 7.96. The van der Waals surface area contributed by atoms with Crippen LogP contribution in [0.3, 0.4) is 0 Å². The molecule has 1 unspecified atom stereocenters. The van der Waals surface area contributed by atoms with Gasteiger partial charge in [-0.2, -0.15) is 0 Å². The Kier molecular flexibility index (Phi) is 5.11. The SMILES string of the molecule is CCOc1ccc(-n2c(O)c(C3c4[nH]c5ccccc5c4CCN3C)c(=O)[nH]c2=S)cc1. The van der Waals surface area contributed by atoms with Gasteiger partial charge in [-0.05, 0) is 68.5 Å². The lowest BCUT2D eigenvalue weighted by Crippen LogP contribution is -2.36. The first-order valence-corrected chi connectivity index (χ1v) is 11.0. The van der Waals surface area contributed by atoms with E-state index in [1.807, 2.05) is 56.4 Å². The predicted octanol–water partition coefficient (Wildman–Crippen LogP) is 4.06. The molecule has 164 valence electrons. The van der Waals surface area contributed by atoms with Crippen LogP contribution >= 0.6 is 12.2 Å². The number of fused-ring (bicyclic) bond motifs is 3. The Morgan fingerprint density at radius 1 is 1.16 bits per heavy atom. The highest BCUT2D eigenvalue weighted by Crippen LogP contribution is 2.39. The van der Waals surface area contributed by atoms with Crippen LogP contribution < -0.4 is 10.3 Å². The maximum Gasteiger partial charge on any atom is 0.260 e. The van der Waals surface area contributed by atoms with Crippen LogP contribution in [0, 0.1) is 4.77 Å². The maximum atomic E-state index is 13.1. The topological polar surface area (TPSA) is 86.3 Å². The number of hydrogen-bond acceptors (Lipinski definition) is 5. The summed E-state index contributed by atoms with van der Waals surface area (Å²) in [5.41, 5.74) is 3.64. The van der Waals surface area contributed by atoms with E-state index in [1.165, 1.54) is 10.1 Å². The van der Waals surface area contributed by atoms with E-state index in [1.54, 1.807) is 0 Å². The zero-order valence-corrected chi connectivity index (χ0v) is 18.7. The molecule has 3 heterocycles. The number of aromatic amines is 2. The third-order valence-corrected chi connectivity index (χ3v) is 6.36. The number of H-pyrrole nitrogens is 2. The van der Waals surface area contributed by atoms with E-state index in [9.17, 15) is 9.90 Å². The lowest BCUT2D eigenvalue weighted by Gasteiger charge is -2.33. The van der Waals surface area contributed by atoms with Crippen molar-refractivity contribution in [3.8, 4) is 17.3 Å². The number of benzene rings is 2. The fraction of sp³-hybridized carbons (Fsp3) is 0.250. The summed E-state index contributed by atoms with van der Waals surface area (Å²) >= 11 is 5.41. The molecule has 0 fully saturated rings. The molecule has 7 nitrogen and oxygen atoms in total. The van der Waals surface area contributed by atoms with E-state index in [0.29, 0.717) is 12.3 Å². The second-order valence-corrected chi connectivity index (χ2v) is 8.34. The van der Waals surface area contributed by atoms with Crippen LogP contribution in [-0.4, -0.2) is 44.7 Å². The first kappa shape index (κ1) is 20.5. The molecule has 0 amide bonds. The molecule has 0 aliphatic carbocycles. The minimum atomic E-state index is -0.431. The molecule has 1 atom stereocenters. The van der Waals surface area contributed by atoms with Gasteiger partial charge in [-0.1, -0.05) is 18.2 Å². The molecule has 8 heteroatoms. The number of likely N-dealkylation sites (N-methyl/N-ethyl adjacent to an activating group) is 1. The van der Waals surface area contributed by atoms with Gasteiger partial charge in [-0.25, -0.2) is 0 Å². The molecule has 5 rings (SSSR count). The molecule has 32 heavy (non-hydrogen) atoms. The van der Waals surface area contributed by atoms with Gasteiger partial charge in [0.25, 0.3) is 5.56 Å². The number of nitrogens with one attached hydrogen (secondary N) is 2. The van der Waals surface area contributed by atoms with Gasteiger partial charge in [0.1, 0.15) is 11.3 Å². The highest BCUT2D eigenvalue weighted by molar-refractivity contribution is 7.71. The average molecular weight is 449 g/mol. The number of nitrogens with zero attached hydrogens (tertiary/aromatic N) is 2. The van der Waals surface area contributed by atoms with Crippen LogP contribution in [0.5, 0.6) is 11.6 Å². The monoisotopic (exact) mass is 448 g/mol. The van der Waals surface area contributed by atoms with Crippen LogP contribution in [0.25, 0.3) is 16.6 Å². The molecule has 1 aliphatic rings. The Bertz CT molecular complexity index is 1420. The van der Waals surface area contributed by atoms with E-state index in [-0.39, 0.29) is 16.2 Å². The molecule has 0 bridgehead atoms. The molecule has 2 aromatic carbocycles. The minimum Gasteiger partial charge on any atom is -0.494 e. The van der Waals surface area contributed by atoms with Crippen molar-refractivity contribution >= 4 is 23.1 Å². The first-order valence-electron chi connectivity index (χ1n) is 10.6. The van der Waals surface area contributed by atoms with Crippen LogP contribution in [0.4, 0.5) is 0 Å². The van der Waals surface area contributed by atoms with E-state index >= 15 is 0 Å². The van der Waals surface area contributed by atoms with E-state index < -0.39 is 11.6 Å². The van der Waals surface area contributed by atoms with Gasteiger partial charge in [0.05, 0.1) is 18.3 Å². The lowest BCUT2D eigenvalue weighted by atomic mass is 9.94.